The van der Waals surface area contributed by atoms with E-state index in [-0.39, 0.29) is 5.91 Å². The molecule has 1 aliphatic heterocycles. The van der Waals surface area contributed by atoms with E-state index in [9.17, 15) is 4.79 Å². The molecule has 1 aliphatic rings. The molecule has 0 spiro atoms. The molecule has 1 atom stereocenters. The molecule has 0 fully saturated rings. The highest BCUT2D eigenvalue weighted by molar-refractivity contribution is 5.96. The van der Waals surface area contributed by atoms with Crippen molar-refractivity contribution in [2.24, 2.45) is 0 Å². The number of amides is 1. The van der Waals surface area contributed by atoms with E-state index in [1.165, 1.54) is 18.4 Å². The van der Waals surface area contributed by atoms with Crippen molar-refractivity contribution < 1.29 is 4.79 Å². The molecular weight excluding hydrogens is 186 g/mol. The van der Waals surface area contributed by atoms with Gasteiger partial charge in [-0.3, -0.25) is 4.79 Å². The molecule has 1 aromatic carbocycles. The Bertz CT molecular complexity index is 359. The fourth-order valence-corrected chi connectivity index (χ4v) is 2.12. The number of hydrogen-bond donors (Lipinski definition) is 0. The number of carbonyl (C=O) groups excluding carboxylic acids is 1. The largest absolute Gasteiger partial charge is 0.272 e. The molecule has 0 bridgehead atoms. The van der Waals surface area contributed by atoms with E-state index in [0.29, 0.717) is 12.5 Å². The minimum Gasteiger partial charge on any atom is -0.267 e. The maximum Gasteiger partial charge on any atom is 0.272 e. The summed E-state index contributed by atoms with van der Waals surface area (Å²) in [5, 5.41) is 4.07. The van der Waals surface area contributed by atoms with Crippen molar-refractivity contribution in [2.75, 3.05) is 6.54 Å². The molecule has 0 N–H and O–H groups in total. The van der Waals surface area contributed by atoms with Gasteiger partial charge in [-0.25, -0.2) is 5.32 Å². The lowest BCUT2D eigenvalue weighted by atomic mass is 9.87. The van der Waals surface area contributed by atoms with Crippen molar-refractivity contribution >= 4 is 5.91 Å². The first-order valence-corrected chi connectivity index (χ1v) is 5.63. The number of carbonyl (C=O) groups is 1. The molecule has 0 saturated carbocycles. The molecule has 0 aliphatic carbocycles. The Morgan fingerprint density at radius 1 is 1.40 bits per heavy atom. The topological polar surface area (TPSA) is 31.2 Å². The average Bonchev–Trinajstić information content (AvgIpc) is 2.29. The van der Waals surface area contributed by atoms with Gasteiger partial charge in [0.1, 0.15) is 0 Å². The Hall–Kier alpha value is -1.31. The predicted octanol–water partition coefficient (Wildman–Crippen LogP) is 2.72. The zero-order valence-corrected chi connectivity index (χ0v) is 9.07. The molecule has 79 valence electrons. The van der Waals surface area contributed by atoms with Gasteiger partial charge in [0.05, 0.1) is 0 Å². The predicted molar refractivity (Wildman–Crippen MR) is 60.0 cm³/mol. The van der Waals surface area contributed by atoms with Crippen molar-refractivity contribution in [1.82, 2.24) is 5.32 Å². The van der Waals surface area contributed by atoms with Crippen LogP contribution in [0.25, 0.3) is 0 Å². The van der Waals surface area contributed by atoms with Gasteiger partial charge in [0.2, 0.25) is 0 Å². The van der Waals surface area contributed by atoms with Gasteiger partial charge in [-0.1, -0.05) is 38.0 Å². The summed E-state index contributed by atoms with van der Waals surface area (Å²) < 4.78 is 0. The Balaban J connectivity index is 2.24. The number of hydrogen-bond acceptors (Lipinski definition) is 1. The highest BCUT2D eigenvalue weighted by Gasteiger charge is 2.25. The molecule has 1 unspecified atom stereocenters. The van der Waals surface area contributed by atoms with Crippen LogP contribution in [0.5, 0.6) is 0 Å². The molecular formula is C13H16NO. The quantitative estimate of drug-likeness (QED) is 0.741. The van der Waals surface area contributed by atoms with Crippen molar-refractivity contribution in [3.8, 4) is 0 Å². The van der Waals surface area contributed by atoms with Crippen LogP contribution in [0.15, 0.2) is 24.3 Å². The first kappa shape index (κ1) is 10.2. The van der Waals surface area contributed by atoms with Crippen molar-refractivity contribution in [1.29, 1.82) is 0 Å². The molecule has 1 aromatic rings. The van der Waals surface area contributed by atoms with Gasteiger partial charge in [-0.2, -0.15) is 0 Å². The van der Waals surface area contributed by atoms with Crippen LogP contribution in [0.4, 0.5) is 0 Å². The monoisotopic (exact) mass is 202 g/mol. The van der Waals surface area contributed by atoms with Crippen LogP contribution in [0.3, 0.4) is 0 Å². The highest BCUT2D eigenvalue weighted by atomic mass is 16.1. The van der Waals surface area contributed by atoms with E-state index >= 15 is 0 Å². The zero-order chi connectivity index (χ0) is 10.7. The lowest BCUT2D eigenvalue weighted by Gasteiger charge is -2.23. The van der Waals surface area contributed by atoms with Crippen LogP contribution in [0, 0.1) is 0 Å². The molecule has 15 heavy (non-hydrogen) atoms. The SMILES string of the molecule is CCCCC1C[N]C(=O)c2ccccc21. The molecule has 2 heteroatoms. The molecule has 1 radical (unpaired) electrons. The zero-order valence-electron chi connectivity index (χ0n) is 9.07. The van der Waals surface area contributed by atoms with E-state index in [4.69, 9.17) is 0 Å². The molecule has 2 rings (SSSR count). The number of benzene rings is 1. The first-order valence-electron chi connectivity index (χ1n) is 5.63. The summed E-state index contributed by atoms with van der Waals surface area (Å²) in [6.07, 6.45) is 3.56. The third kappa shape index (κ3) is 2.04. The maximum atomic E-state index is 11.5. The van der Waals surface area contributed by atoms with Gasteiger partial charge < -0.3 is 0 Å². The summed E-state index contributed by atoms with van der Waals surface area (Å²) in [5.74, 6) is 0.414. The van der Waals surface area contributed by atoms with Gasteiger partial charge in [-0.05, 0) is 18.1 Å². The molecule has 0 saturated heterocycles. The lowest BCUT2D eigenvalue weighted by Crippen LogP contribution is -2.29. The number of rotatable bonds is 3. The van der Waals surface area contributed by atoms with Gasteiger partial charge in [0, 0.05) is 18.0 Å². The summed E-state index contributed by atoms with van der Waals surface area (Å²) in [6.45, 7) is 2.87. The Labute approximate surface area is 90.7 Å². The van der Waals surface area contributed by atoms with Crippen molar-refractivity contribution in [3.63, 3.8) is 0 Å². The molecule has 0 aromatic heterocycles. The minimum atomic E-state index is -0.0432. The van der Waals surface area contributed by atoms with Crippen molar-refractivity contribution in [2.45, 2.75) is 32.1 Å². The van der Waals surface area contributed by atoms with Gasteiger partial charge in [0.25, 0.3) is 5.91 Å². The third-order valence-corrected chi connectivity index (χ3v) is 2.99. The Kier molecular flexibility index (Phi) is 3.05. The van der Waals surface area contributed by atoms with Crippen LogP contribution in [0.2, 0.25) is 0 Å². The first-order chi connectivity index (χ1) is 7.33. The van der Waals surface area contributed by atoms with E-state index in [1.807, 2.05) is 18.2 Å². The summed E-state index contributed by atoms with van der Waals surface area (Å²) in [6, 6.07) is 7.88. The van der Waals surface area contributed by atoms with E-state index in [2.05, 4.69) is 18.3 Å². The standard InChI is InChI=1S/C13H16NO/c1-2-3-6-10-9-14-13(15)12-8-5-4-7-11(10)12/h4-5,7-8,10H,2-3,6,9H2,1H3. The van der Waals surface area contributed by atoms with E-state index in [0.717, 1.165) is 12.0 Å². The summed E-state index contributed by atoms with van der Waals surface area (Å²) in [5.41, 5.74) is 2.01. The fourth-order valence-electron chi connectivity index (χ4n) is 2.12. The molecule has 1 amide bonds. The Morgan fingerprint density at radius 3 is 3.00 bits per heavy atom. The van der Waals surface area contributed by atoms with Gasteiger partial charge >= 0.3 is 0 Å². The fraction of sp³-hybridized carbons (Fsp3) is 0.462. The second kappa shape index (κ2) is 4.47. The van der Waals surface area contributed by atoms with Crippen LogP contribution in [-0.2, 0) is 0 Å². The van der Waals surface area contributed by atoms with Crippen LogP contribution >= 0.6 is 0 Å². The van der Waals surface area contributed by atoms with Crippen LogP contribution in [-0.4, -0.2) is 12.5 Å². The number of nitrogens with zero attached hydrogens (tertiary/aromatic N) is 1. The molecule has 1 heterocycles. The van der Waals surface area contributed by atoms with Crippen molar-refractivity contribution in [3.05, 3.63) is 35.4 Å². The Morgan fingerprint density at radius 2 is 2.20 bits per heavy atom. The maximum absolute atomic E-state index is 11.5. The van der Waals surface area contributed by atoms with Crippen LogP contribution in [0.1, 0.15) is 48.0 Å². The smallest absolute Gasteiger partial charge is 0.267 e. The average molecular weight is 202 g/mol. The lowest BCUT2D eigenvalue weighted by molar-refractivity contribution is 0.0934. The van der Waals surface area contributed by atoms with E-state index < -0.39 is 0 Å². The summed E-state index contributed by atoms with van der Waals surface area (Å²) >= 11 is 0. The summed E-state index contributed by atoms with van der Waals surface area (Å²) in [7, 11) is 0. The highest BCUT2D eigenvalue weighted by Crippen LogP contribution is 2.28. The van der Waals surface area contributed by atoms with Crippen LogP contribution < -0.4 is 5.32 Å². The minimum absolute atomic E-state index is 0.0432. The van der Waals surface area contributed by atoms with E-state index in [1.54, 1.807) is 0 Å². The number of fused-ring (bicyclic) bond motifs is 1. The molecule has 2 nitrogen and oxygen atoms in total. The second-order valence-corrected chi connectivity index (χ2v) is 4.07. The number of unbranched alkanes of at least 4 members (excludes halogenated alkanes) is 1. The summed E-state index contributed by atoms with van der Waals surface area (Å²) in [4.78, 5) is 11.5. The normalized spacial score (nSPS) is 19.5. The van der Waals surface area contributed by atoms with Gasteiger partial charge in [0.15, 0.2) is 0 Å². The van der Waals surface area contributed by atoms with Gasteiger partial charge in [-0.15, -0.1) is 0 Å². The third-order valence-electron chi connectivity index (χ3n) is 2.99. The second-order valence-electron chi connectivity index (χ2n) is 4.07.